The first-order valence-corrected chi connectivity index (χ1v) is 9.64. The second-order valence-electron chi connectivity index (χ2n) is 6.18. The summed E-state index contributed by atoms with van der Waals surface area (Å²) in [6, 6.07) is 10.5. The maximum Gasteiger partial charge on any atom is 0.264 e. The number of primary amides is 1. The second kappa shape index (κ2) is 8.41. The number of halogens is 1. The van der Waals surface area contributed by atoms with Gasteiger partial charge in [0.1, 0.15) is 5.75 Å². The first kappa shape index (κ1) is 19.9. The molecule has 8 heteroatoms. The zero-order chi connectivity index (χ0) is 20.3. The summed E-state index contributed by atoms with van der Waals surface area (Å²) in [5.74, 6) is -0.885. The van der Waals surface area contributed by atoms with Gasteiger partial charge in [0.2, 0.25) is 0 Å². The zero-order valence-corrected chi connectivity index (χ0v) is 16.9. The van der Waals surface area contributed by atoms with Crippen LogP contribution in [0, 0.1) is 13.8 Å². The number of hydrogen-bond donors (Lipinski definition) is 2. The molecule has 0 saturated heterocycles. The number of anilines is 1. The van der Waals surface area contributed by atoms with E-state index in [1.54, 1.807) is 6.07 Å². The van der Waals surface area contributed by atoms with Gasteiger partial charge in [-0.15, -0.1) is 11.3 Å². The highest BCUT2D eigenvalue weighted by atomic mass is 35.5. The van der Waals surface area contributed by atoms with Crippen LogP contribution in [0.5, 0.6) is 5.75 Å². The molecular weight excluding hydrogens is 398 g/mol. The van der Waals surface area contributed by atoms with Crippen molar-refractivity contribution in [3.63, 3.8) is 0 Å². The lowest BCUT2D eigenvalue weighted by atomic mass is 10.1. The number of carbonyl (C=O) groups excluding carboxylic acids is 2. The summed E-state index contributed by atoms with van der Waals surface area (Å²) >= 11 is 7.18. The van der Waals surface area contributed by atoms with Gasteiger partial charge in [0.15, 0.2) is 11.7 Å². The van der Waals surface area contributed by atoms with Gasteiger partial charge < -0.3 is 10.5 Å². The molecule has 0 saturated carbocycles. The maximum absolute atomic E-state index is 12.2. The Morgan fingerprint density at radius 1 is 1.18 bits per heavy atom. The summed E-state index contributed by atoms with van der Waals surface area (Å²) < 4.78 is 5.41. The van der Waals surface area contributed by atoms with E-state index in [1.807, 2.05) is 24.4 Å². The summed E-state index contributed by atoms with van der Waals surface area (Å²) in [7, 11) is 0. The monoisotopic (exact) mass is 415 g/mol. The van der Waals surface area contributed by atoms with Crippen molar-refractivity contribution in [3.8, 4) is 17.0 Å². The molecule has 2 aromatic carbocycles. The standard InChI is InChI=1S/C20H18ClN3O3S/c1-11-3-4-13(7-12(11)2)16-10-28-20(23-16)24-18(25)9-27-17-6-5-14(21)8-15(17)19(22)26/h3-8,10H,9H2,1-2H3,(H2,22,26)(H,23,24,25). The summed E-state index contributed by atoms with van der Waals surface area (Å²) in [6.45, 7) is 3.80. The Morgan fingerprint density at radius 3 is 2.68 bits per heavy atom. The molecule has 3 N–H and O–H groups in total. The fraction of sp³-hybridized carbons (Fsp3) is 0.150. The Kier molecular flexibility index (Phi) is 5.96. The molecule has 144 valence electrons. The van der Waals surface area contributed by atoms with E-state index in [0.29, 0.717) is 10.2 Å². The van der Waals surface area contributed by atoms with E-state index in [-0.39, 0.29) is 17.9 Å². The molecule has 0 aliphatic rings. The molecule has 3 rings (SSSR count). The molecule has 1 aromatic heterocycles. The number of benzene rings is 2. The smallest absolute Gasteiger partial charge is 0.264 e. The number of rotatable bonds is 6. The van der Waals surface area contributed by atoms with Gasteiger partial charge in [-0.25, -0.2) is 4.98 Å². The molecule has 1 heterocycles. The molecule has 0 spiro atoms. The first-order valence-electron chi connectivity index (χ1n) is 8.38. The highest BCUT2D eigenvalue weighted by Crippen LogP contribution is 2.27. The van der Waals surface area contributed by atoms with E-state index in [9.17, 15) is 9.59 Å². The van der Waals surface area contributed by atoms with Gasteiger partial charge in [-0.05, 0) is 49.2 Å². The minimum Gasteiger partial charge on any atom is -0.483 e. The number of thiazole rings is 1. The Labute approximate surface area is 171 Å². The molecular formula is C20H18ClN3O3S. The predicted octanol–water partition coefficient (Wildman–Crippen LogP) is 4.20. The lowest BCUT2D eigenvalue weighted by Gasteiger charge is -2.09. The van der Waals surface area contributed by atoms with Gasteiger partial charge in [-0.2, -0.15) is 0 Å². The van der Waals surface area contributed by atoms with Crippen LogP contribution >= 0.6 is 22.9 Å². The number of nitrogens with one attached hydrogen (secondary N) is 1. The molecule has 0 radical (unpaired) electrons. The molecule has 28 heavy (non-hydrogen) atoms. The second-order valence-corrected chi connectivity index (χ2v) is 7.47. The van der Waals surface area contributed by atoms with Crippen LogP contribution in [0.15, 0.2) is 41.8 Å². The largest absolute Gasteiger partial charge is 0.483 e. The molecule has 0 fully saturated rings. The Morgan fingerprint density at radius 2 is 1.96 bits per heavy atom. The number of ether oxygens (including phenoxy) is 1. The van der Waals surface area contributed by atoms with Crippen LogP contribution in [0.25, 0.3) is 11.3 Å². The van der Waals surface area contributed by atoms with E-state index in [0.717, 1.165) is 11.3 Å². The Balaban J connectivity index is 1.64. The lowest BCUT2D eigenvalue weighted by Crippen LogP contribution is -2.21. The molecule has 0 unspecified atom stereocenters. The van der Waals surface area contributed by atoms with Crippen LogP contribution in [0.4, 0.5) is 5.13 Å². The molecule has 0 aliphatic heterocycles. The molecule has 2 amide bonds. The van der Waals surface area contributed by atoms with Gasteiger partial charge >= 0.3 is 0 Å². The number of nitrogens with two attached hydrogens (primary N) is 1. The van der Waals surface area contributed by atoms with Crippen LogP contribution in [0.3, 0.4) is 0 Å². The third-order valence-corrected chi connectivity index (χ3v) is 5.11. The van der Waals surface area contributed by atoms with Crippen molar-refractivity contribution >= 4 is 39.9 Å². The summed E-state index contributed by atoms with van der Waals surface area (Å²) in [4.78, 5) is 28.1. The minimum atomic E-state index is -0.684. The minimum absolute atomic E-state index is 0.117. The fourth-order valence-corrected chi connectivity index (χ4v) is 3.39. The van der Waals surface area contributed by atoms with Crippen molar-refractivity contribution in [2.45, 2.75) is 13.8 Å². The normalized spacial score (nSPS) is 10.5. The van der Waals surface area contributed by atoms with Crippen molar-refractivity contribution in [3.05, 3.63) is 63.5 Å². The highest BCUT2D eigenvalue weighted by Gasteiger charge is 2.13. The molecule has 0 aliphatic carbocycles. The highest BCUT2D eigenvalue weighted by molar-refractivity contribution is 7.14. The van der Waals surface area contributed by atoms with E-state index < -0.39 is 11.8 Å². The van der Waals surface area contributed by atoms with Gasteiger partial charge in [0, 0.05) is 16.0 Å². The van der Waals surface area contributed by atoms with Crippen molar-refractivity contribution in [1.29, 1.82) is 0 Å². The van der Waals surface area contributed by atoms with Crippen molar-refractivity contribution in [2.75, 3.05) is 11.9 Å². The molecule has 3 aromatic rings. The lowest BCUT2D eigenvalue weighted by molar-refractivity contribution is -0.118. The molecule has 0 bridgehead atoms. The number of carbonyl (C=O) groups is 2. The van der Waals surface area contributed by atoms with Crippen molar-refractivity contribution in [2.24, 2.45) is 5.73 Å². The number of aromatic nitrogens is 1. The van der Waals surface area contributed by atoms with Crippen LogP contribution in [-0.2, 0) is 4.79 Å². The topological polar surface area (TPSA) is 94.3 Å². The summed E-state index contributed by atoms with van der Waals surface area (Å²) in [5.41, 5.74) is 9.59. The zero-order valence-electron chi connectivity index (χ0n) is 15.3. The van der Waals surface area contributed by atoms with Crippen molar-refractivity contribution < 1.29 is 14.3 Å². The quantitative estimate of drug-likeness (QED) is 0.630. The van der Waals surface area contributed by atoms with E-state index in [4.69, 9.17) is 22.1 Å². The van der Waals surface area contributed by atoms with E-state index >= 15 is 0 Å². The van der Waals surface area contributed by atoms with Gasteiger partial charge in [0.25, 0.3) is 11.8 Å². The first-order chi connectivity index (χ1) is 13.3. The third-order valence-electron chi connectivity index (χ3n) is 4.12. The summed E-state index contributed by atoms with van der Waals surface area (Å²) in [5, 5.41) is 5.39. The van der Waals surface area contributed by atoms with Gasteiger partial charge in [-0.3, -0.25) is 14.9 Å². The molecule has 0 atom stereocenters. The predicted molar refractivity (Wildman–Crippen MR) is 111 cm³/mol. The SMILES string of the molecule is Cc1ccc(-c2csc(NC(=O)COc3ccc(Cl)cc3C(N)=O)n2)cc1C. The average Bonchev–Trinajstić information content (AvgIpc) is 3.11. The van der Waals surface area contributed by atoms with Gasteiger partial charge in [0.05, 0.1) is 11.3 Å². The van der Waals surface area contributed by atoms with Gasteiger partial charge in [-0.1, -0.05) is 23.7 Å². The van der Waals surface area contributed by atoms with Crippen LogP contribution in [0.2, 0.25) is 5.02 Å². The van der Waals surface area contributed by atoms with Crippen LogP contribution in [0.1, 0.15) is 21.5 Å². The Hall–Kier alpha value is -2.90. The Bertz CT molecular complexity index is 1050. The summed E-state index contributed by atoms with van der Waals surface area (Å²) in [6.07, 6.45) is 0. The van der Waals surface area contributed by atoms with E-state index in [2.05, 4.69) is 23.3 Å². The van der Waals surface area contributed by atoms with E-state index in [1.165, 1.54) is 34.6 Å². The fourth-order valence-electron chi connectivity index (χ4n) is 2.48. The number of nitrogens with zero attached hydrogens (tertiary/aromatic N) is 1. The van der Waals surface area contributed by atoms with Crippen LogP contribution in [-0.4, -0.2) is 23.4 Å². The maximum atomic E-state index is 12.2. The average molecular weight is 416 g/mol. The van der Waals surface area contributed by atoms with Crippen molar-refractivity contribution in [1.82, 2.24) is 4.98 Å². The third kappa shape index (κ3) is 4.68. The molecule has 6 nitrogen and oxygen atoms in total. The van der Waals surface area contributed by atoms with Crippen LogP contribution < -0.4 is 15.8 Å². The number of aryl methyl sites for hydroxylation is 2. The number of amides is 2. The number of hydrogen-bond acceptors (Lipinski definition) is 5.